The van der Waals surface area contributed by atoms with Crippen molar-refractivity contribution in [1.82, 2.24) is 10.2 Å². The van der Waals surface area contributed by atoms with Gasteiger partial charge in [-0.3, -0.25) is 4.90 Å². The first-order chi connectivity index (χ1) is 8.50. The van der Waals surface area contributed by atoms with Crippen LogP contribution in [-0.4, -0.2) is 25.0 Å². The zero-order valence-electron chi connectivity index (χ0n) is 12.2. The highest BCUT2D eigenvalue weighted by atomic mass is 16.3. The van der Waals surface area contributed by atoms with Gasteiger partial charge in [0.1, 0.15) is 11.5 Å². The van der Waals surface area contributed by atoms with Crippen LogP contribution < -0.4 is 5.32 Å². The normalized spacial score (nSPS) is 20.2. The van der Waals surface area contributed by atoms with E-state index in [0.29, 0.717) is 5.41 Å². The van der Waals surface area contributed by atoms with Crippen LogP contribution in [0.15, 0.2) is 10.5 Å². The number of aryl methyl sites for hydroxylation is 1. The van der Waals surface area contributed by atoms with Gasteiger partial charge in [-0.1, -0.05) is 13.8 Å². The molecule has 3 heteroatoms. The Labute approximate surface area is 111 Å². The molecule has 0 aromatic carbocycles. The summed E-state index contributed by atoms with van der Waals surface area (Å²) < 4.78 is 5.91. The molecule has 0 unspecified atom stereocenters. The molecule has 1 N–H and O–H groups in total. The van der Waals surface area contributed by atoms with E-state index in [2.05, 4.69) is 37.1 Å². The fourth-order valence-electron chi connectivity index (χ4n) is 2.54. The molecule has 2 heterocycles. The first-order valence-electron chi connectivity index (χ1n) is 6.95. The molecule has 0 saturated carbocycles. The Hall–Kier alpha value is -0.800. The van der Waals surface area contributed by atoms with E-state index in [1.165, 1.54) is 31.5 Å². The van der Waals surface area contributed by atoms with Crippen LogP contribution in [0.25, 0.3) is 0 Å². The molecule has 1 aromatic rings. The third-order valence-corrected chi connectivity index (χ3v) is 4.00. The standard InChI is InChI=1S/C15H26N2O/c1-12-9-13(18-14(12)10-16-4)11-17-7-5-15(2,3)6-8-17/h9,16H,5-8,10-11H2,1-4H3. The van der Waals surface area contributed by atoms with Crippen LogP contribution >= 0.6 is 0 Å². The molecule has 18 heavy (non-hydrogen) atoms. The van der Waals surface area contributed by atoms with E-state index < -0.39 is 0 Å². The number of nitrogens with one attached hydrogen (secondary N) is 1. The largest absolute Gasteiger partial charge is 0.463 e. The van der Waals surface area contributed by atoms with E-state index in [-0.39, 0.29) is 0 Å². The van der Waals surface area contributed by atoms with Gasteiger partial charge in [0.05, 0.1) is 13.1 Å². The van der Waals surface area contributed by atoms with Crippen molar-refractivity contribution in [3.05, 3.63) is 23.2 Å². The van der Waals surface area contributed by atoms with E-state index >= 15 is 0 Å². The van der Waals surface area contributed by atoms with Crippen molar-refractivity contribution in [3.63, 3.8) is 0 Å². The number of nitrogens with zero attached hydrogens (tertiary/aromatic N) is 1. The summed E-state index contributed by atoms with van der Waals surface area (Å²) in [6.45, 7) is 11.0. The van der Waals surface area contributed by atoms with Crippen molar-refractivity contribution < 1.29 is 4.42 Å². The minimum Gasteiger partial charge on any atom is -0.463 e. The quantitative estimate of drug-likeness (QED) is 0.890. The predicted octanol–water partition coefficient (Wildman–Crippen LogP) is 2.93. The Balaban J connectivity index is 1.92. The van der Waals surface area contributed by atoms with Gasteiger partial charge in [-0.15, -0.1) is 0 Å². The third-order valence-electron chi connectivity index (χ3n) is 4.00. The molecule has 1 fully saturated rings. The van der Waals surface area contributed by atoms with Crippen LogP contribution in [0.2, 0.25) is 0 Å². The van der Waals surface area contributed by atoms with Crippen LogP contribution in [0.5, 0.6) is 0 Å². The third kappa shape index (κ3) is 3.36. The Morgan fingerprint density at radius 2 is 2.00 bits per heavy atom. The Bertz CT molecular complexity index is 385. The molecule has 0 amide bonds. The fourth-order valence-corrected chi connectivity index (χ4v) is 2.54. The van der Waals surface area contributed by atoms with Gasteiger partial charge in [0.2, 0.25) is 0 Å². The molecular weight excluding hydrogens is 224 g/mol. The summed E-state index contributed by atoms with van der Waals surface area (Å²) in [5.41, 5.74) is 1.78. The minimum atomic E-state index is 0.521. The first kappa shape index (κ1) is 13.6. The molecule has 1 aliphatic heterocycles. The first-order valence-corrected chi connectivity index (χ1v) is 6.95. The smallest absolute Gasteiger partial charge is 0.120 e. The van der Waals surface area contributed by atoms with Gasteiger partial charge in [0.15, 0.2) is 0 Å². The van der Waals surface area contributed by atoms with Gasteiger partial charge >= 0.3 is 0 Å². The molecule has 2 rings (SSSR count). The summed E-state index contributed by atoms with van der Waals surface area (Å²) in [6.07, 6.45) is 2.58. The molecule has 1 aliphatic rings. The van der Waals surface area contributed by atoms with Crippen molar-refractivity contribution >= 4 is 0 Å². The number of piperidine rings is 1. The number of hydrogen-bond acceptors (Lipinski definition) is 3. The highest BCUT2D eigenvalue weighted by Crippen LogP contribution is 2.30. The van der Waals surface area contributed by atoms with Gasteiger partial charge in [0, 0.05) is 0 Å². The minimum absolute atomic E-state index is 0.521. The average Bonchev–Trinajstić information content (AvgIpc) is 2.63. The van der Waals surface area contributed by atoms with Crippen LogP contribution in [0.4, 0.5) is 0 Å². The second-order valence-electron chi connectivity index (χ2n) is 6.29. The monoisotopic (exact) mass is 250 g/mol. The van der Waals surface area contributed by atoms with E-state index in [9.17, 15) is 0 Å². The second kappa shape index (κ2) is 5.45. The molecule has 0 bridgehead atoms. The van der Waals surface area contributed by atoms with E-state index in [1.807, 2.05) is 7.05 Å². The highest BCUT2D eigenvalue weighted by molar-refractivity contribution is 5.20. The average molecular weight is 250 g/mol. The van der Waals surface area contributed by atoms with Gasteiger partial charge in [-0.2, -0.15) is 0 Å². The van der Waals surface area contributed by atoms with Crippen LogP contribution in [0, 0.1) is 12.3 Å². The zero-order valence-corrected chi connectivity index (χ0v) is 12.2. The number of likely N-dealkylation sites (tertiary alicyclic amines) is 1. The molecule has 1 aromatic heterocycles. The molecule has 102 valence electrons. The number of furan rings is 1. The summed E-state index contributed by atoms with van der Waals surface area (Å²) in [5, 5.41) is 3.15. The molecular formula is C15H26N2O. The maximum Gasteiger partial charge on any atom is 0.120 e. The van der Waals surface area contributed by atoms with Crippen molar-refractivity contribution in [2.45, 2.75) is 46.7 Å². The van der Waals surface area contributed by atoms with Crippen LogP contribution in [0.1, 0.15) is 43.8 Å². The van der Waals surface area contributed by atoms with Crippen LogP contribution in [-0.2, 0) is 13.1 Å². The SMILES string of the molecule is CNCc1oc(CN2CCC(C)(C)CC2)cc1C. The maximum atomic E-state index is 5.91. The van der Waals surface area contributed by atoms with E-state index in [4.69, 9.17) is 4.42 Å². The molecule has 0 aliphatic carbocycles. The van der Waals surface area contributed by atoms with E-state index in [0.717, 1.165) is 24.6 Å². The Morgan fingerprint density at radius 3 is 2.61 bits per heavy atom. The van der Waals surface area contributed by atoms with E-state index in [1.54, 1.807) is 0 Å². The Morgan fingerprint density at radius 1 is 1.33 bits per heavy atom. The lowest BCUT2D eigenvalue weighted by atomic mass is 9.83. The van der Waals surface area contributed by atoms with Crippen molar-refractivity contribution in [3.8, 4) is 0 Å². The van der Waals surface area contributed by atoms with Crippen LogP contribution in [0.3, 0.4) is 0 Å². The predicted molar refractivity (Wildman–Crippen MR) is 74.5 cm³/mol. The van der Waals surface area contributed by atoms with Crippen molar-refractivity contribution in [1.29, 1.82) is 0 Å². The second-order valence-corrected chi connectivity index (χ2v) is 6.29. The van der Waals surface area contributed by atoms with Crippen molar-refractivity contribution in [2.75, 3.05) is 20.1 Å². The molecule has 3 nitrogen and oxygen atoms in total. The van der Waals surface area contributed by atoms with Crippen molar-refractivity contribution in [2.24, 2.45) is 5.41 Å². The molecule has 0 atom stereocenters. The summed E-state index contributed by atoms with van der Waals surface area (Å²) >= 11 is 0. The highest BCUT2D eigenvalue weighted by Gasteiger charge is 2.25. The summed E-state index contributed by atoms with van der Waals surface area (Å²) in [6, 6.07) is 2.19. The van der Waals surface area contributed by atoms with Gasteiger partial charge in [-0.25, -0.2) is 0 Å². The lowest BCUT2D eigenvalue weighted by Gasteiger charge is -2.36. The maximum absolute atomic E-state index is 5.91. The topological polar surface area (TPSA) is 28.4 Å². The fraction of sp³-hybridized carbons (Fsp3) is 0.733. The summed E-state index contributed by atoms with van der Waals surface area (Å²) in [5.74, 6) is 2.18. The number of rotatable bonds is 4. The van der Waals surface area contributed by atoms with Gasteiger partial charge < -0.3 is 9.73 Å². The summed E-state index contributed by atoms with van der Waals surface area (Å²) in [4.78, 5) is 2.51. The van der Waals surface area contributed by atoms with Gasteiger partial charge in [0.25, 0.3) is 0 Å². The number of hydrogen-bond donors (Lipinski definition) is 1. The Kier molecular flexibility index (Phi) is 4.13. The molecule has 0 spiro atoms. The zero-order chi connectivity index (χ0) is 13.2. The lowest BCUT2D eigenvalue weighted by Crippen LogP contribution is -2.36. The lowest BCUT2D eigenvalue weighted by molar-refractivity contribution is 0.120. The molecule has 1 saturated heterocycles. The summed E-state index contributed by atoms with van der Waals surface area (Å²) in [7, 11) is 1.95. The molecule has 0 radical (unpaired) electrons. The van der Waals surface area contributed by atoms with Gasteiger partial charge in [-0.05, 0) is 56.9 Å².